The quantitative estimate of drug-likeness (QED) is 0.750. The van der Waals surface area contributed by atoms with Gasteiger partial charge in [0.1, 0.15) is 0 Å². The largest absolute Gasteiger partial charge is 0.481 e. The van der Waals surface area contributed by atoms with Crippen molar-refractivity contribution in [1.82, 2.24) is 4.98 Å². The van der Waals surface area contributed by atoms with E-state index in [1.54, 1.807) is 24.4 Å². The molecule has 1 aliphatic rings. The number of aryl methyl sites for hydroxylation is 1. The van der Waals surface area contributed by atoms with Crippen LogP contribution in [0.15, 0.2) is 24.4 Å². The minimum Gasteiger partial charge on any atom is -0.481 e. The van der Waals surface area contributed by atoms with E-state index in [-0.39, 0.29) is 12.3 Å². The number of aromatic nitrogens is 1. The number of amides is 1. The summed E-state index contributed by atoms with van der Waals surface area (Å²) >= 11 is 5.94. The topological polar surface area (TPSA) is 82.2 Å². The first kappa shape index (κ1) is 15.4. The third kappa shape index (κ3) is 3.00. The van der Waals surface area contributed by atoms with Crippen LogP contribution in [-0.4, -0.2) is 22.0 Å². The van der Waals surface area contributed by atoms with E-state index in [1.807, 2.05) is 13.0 Å². The molecule has 0 atom stereocenters. The summed E-state index contributed by atoms with van der Waals surface area (Å²) in [5.41, 5.74) is 4.76. The predicted octanol–water partition coefficient (Wildman–Crippen LogP) is 3.49. The van der Waals surface area contributed by atoms with Crippen molar-refractivity contribution >= 4 is 40.8 Å². The Balaban J connectivity index is 1.94. The molecule has 6 heteroatoms. The van der Waals surface area contributed by atoms with Crippen LogP contribution < -0.4 is 5.32 Å². The summed E-state index contributed by atoms with van der Waals surface area (Å²) < 4.78 is 0. The second-order valence-corrected chi connectivity index (χ2v) is 5.88. The average Bonchev–Trinajstić information content (AvgIpc) is 2.98. The first-order chi connectivity index (χ1) is 11.0. The third-order valence-corrected chi connectivity index (χ3v) is 4.18. The maximum Gasteiger partial charge on any atom is 0.303 e. The van der Waals surface area contributed by atoms with E-state index in [9.17, 15) is 9.59 Å². The Morgan fingerprint density at radius 2 is 2.17 bits per heavy atom. The Morgan fingerprint density at radius 3 is 2.91 bits per heavy atom. The molecule has 3 rings (SSSR count). The van der Waals surface area contributed by atoms with Crippen molar-refractivity contribution in [3.8, 4) is 0 Å². The summed E-state index contributed by atoms with van der Waals surface area (Å²) in [6.45, 7) is 1.91. The number of hydrogen-bond acceptors (Lipinski definition) is 2. The number of hydrogen-bond donors (Lipinski definition) is 3. The van der Waals surface area contributed by atoms with Crippen molar-refractivity contribution in [2.45, 2.75) is 19.8 Å². The molecule has 0 aliphatic carbocycles. The van der Waals surface area contributed by atoms with Gasteiger partial charge in [-0.2, -0.15) is 0 Å². The molecule has 118 valence electrons. The van der Waals surface area contributed by atoms with Crippen molar-refractivity contribution in [2.24, 2.45) is 0 Å². The molecule has 0 saturated carbocycles. The van der Waals surface area contributed by atoms with Crippen molar-refractivity contribution in [1.29, 1.82) is 0 Å². The van der Waals surface area contributed by atoms with Gasteiger partial charge in [0.2, 0.25) is 0 Å². The van der Waals surface area contributed by atoms with Gasteiger partial charge in [0, 0.05) is 28.9 Å². The SMILES string of the molecule is Cc1c(CCC(=O)O)c[nH]c1/C=C1\C(=O)Nc2cc(Cl)ccc21. The summed E-state index contributed by atoms with van der Waals surface area (Å²) in [5.74, 6) is -1.00. The van der Waals surface area contributed by atoms with Crippen LogP contribution >= 0.6 is 11.6 Å². The maximum atomic E-state index is 12.2. The lowest BCUT2D eigenvalue weighted by atomic mass is 10.0. The van der Waals surface area contributed by atoms with Crippen LogP contribution in [0, 0.1) is 6.92 Å². The van der Waals surface area contributed by atoms with Crippen LogP contribution in [0.2, 0.25) is 5.02 Å². The molecule has 5 nitrogen and oxygen atoms in total. The van der Waals surface area contributed by atoms with Gasteiger partial charge in [0.05, 0.1) is 11.3 Å². The van der Waals surface area contributed by atoms with E-state index in [4.69, 9.17) is 16.7 Å². The summed E-state index contributed by atoms with van der Waals surface area (Å²) in [6, 6.07) is 5.27. The molecular formula is C17H15ClN2O3. The Hall–Kier alpha value is -2.53. The fourth-order valence-corrected chi connectivity index (χ4v) is 2.83. The highest BCUT2D eigenvalue weighted by Crippen LogP contribution is 2.35. The first-order valence-electron chi connectivity index (χ1n) is 7.17. The Bertz CT molecular complexity index is 836. The maximum absolute atomic E-state index is 12.2. The van der Waals surface area contributed by atoms with Gasteiger partial charge in [0.15, 0.2) is 0 Å². The Morgan fingerprint density at radius 1 is 1.39 bits per heavy atom. The lowest BCUT2D eigenvalue weighted by Gasteiger charge is -2.00. The molecule has 1 amide bonds. The number of aromatic amines is 1. The van der Waals surface area contributed by atoms with Gasteiger partial charge in [0.25, 0.3) is 5.91 Å². The van der Waals surface area contributed by atoms with Crippen LogP contribution in [0.4, 0.5) is 5.69 Å². The van der Waals surface area contributed by atoms with Crippen molar-refractivity contribution in [3.63, 3.8) is 0 Å². The number of anilines is 1. The molecule has 0 spiro atoms. The van der Waals surface area contributed by atoms with Gasteiger partial charge in [-0.1, -0.05) is 17.7 Å². The predicted molar refractivity (Wildman–Crippen MR) is 89.4 cm³/mol. The third-order valence-electron chi connectivity index (χ3n) is 3.95. The number of fused-ring (bicyclic) bond motifs is 1. The van der Waals surface area contributed by atoms with Crippen LogP contribution in [0.3, 0.4) is 0 Å². The number of aliphatic carboxylic acids is 1. The summed E-state index contributed by atoms with van der Waals surface area (Å²) in [4.78, 5) is 26.0. The number of nitrogens with one attached hydrogen (secondary N) is 2. The molecule has 1 aromatic carbocycles. The molecular weight excluding hydrogens is 316 g/mol. The Labute approximate surface area is 138 Å². The molecule has 0 fully saturated rings. The smallest absolute Gasteiger partial charge is 0.303 e. The number of benzene rings is 1. The molecule has 1 aliphatic heterocycles. The summed E-state index contributed by atoms with van der Waals surface area (Å²) in [6.07, 6.45) is 4.12. The van der Waals surface area contributed by atoms with Crippen LogP contribution in [-0.2, 0) is 16.0 Å². The Kier molecular flexibility index (Phi) is 3.96. The fourth-order valence-electron chi connectivity index (χ4n) is 2.66. The molecule has 0 bridgehead atoms. The van der Waals surface area contributed by atoms with Gasteiger partial charge >= 0.3 is 5.97 Å². The molecule has 2 aromatic rings. The lowest BCUT2D eigenvalue weighted by molar-refractivity contribution is -0.137. The second kappa shape index (κ2) is 5.93. The lowest BCUT2D eigenvalue weighted by Crippen LogP contribution is -2.03. The number of H-pyrrole nitrogens is 1. The number of carboxylic acid groups (broad SMARTS) is 1. The van der Waals surface area contributed by atoms with Gasteiger partial charge in [-0.25, -0.2) is 0 Å². The highest BCUT2D eigenvalue weighted by Gasteiger charge is 2.24. The fraction of sp³-hybridized carbons (Fsp3) is 0.176. The molecule has 0 radical (unpaired) electrons. The highest BCUT2D eigenvalue weighted by molar-refractivity contribution is 6.36. The van der Waals surface area contributed by atoms with E-state index in [0.29, 0.717) is 22.7 Å². The zero-order valence-corrected chi connectivity index (χ0v) is 13.2. The molecule has 0 saturated heterocycles. The second-order valence-electron chi connectivity index (χ2n) is 5.45. The molecule has 0 unspecified atom stereocenters. The number of halogens is 1. The van der Waals surface area contributed by atoms with Gasteiger partial charge in [-0.3, -0.25) is 9.59 Å². The molecule has 1 aromatic heterocycles. The minimum absolute atomic E-state index is 0.0799. The first-order valence-corrected chi connectivity index (χ1v) is 7.55. The number of carboxylic acids is 1. The van der Waals surface area contributed by atoms with E-state index >= 15 is 0 Å². The number of carbonyl (C=O) groups is 2. The van der Waals surface area contributed by atoms with Crippen molar-refractivity contribution in [3.05, 3.63) is 51.8 Å². The van der Waals surface area contributed by atoms with Crippen LogP contribution in [0.5, 0.6) is 0 Å². The number of rotatable bonds is 4. The van der Waals surface area contributed by atoms with Crippen LogP contribution in [0.1, 0.15) is 28.8 Å². The molecule has 23 heavy (non-hydrogen) atoms. The van der Waals surface area contributed by atoms with Gasteiger partial charge < -0.3 is 15.4 Å². The van der Waals surface area contributed by atoms with E-state index in [2.05, 4.69) is 10.3 Å². The zero-order chi connectivity index (χ0) is 16.6. The van der Waals surface area contributed by atoms with Gasteiger partial charge in [-0.15, -0.1) is 0 Å². The van der Waals surface area contributed by atoms with E-state index < -0.39 is 5.97 Å². The van der Waals surface area contributed by atoms with Crippen molar-refractivity contribution in [2.75, 3.05) is 5.32 Å². The summed E-state index contributed by atoms with van der Waals surface area (Å²) in [7, 11) is 0. The minimum atomic E-state index is -0.827. The van der Waals surface area contributed by atoms with E-state index in [0.717, 1.165) is 22.4 Å². The van der Waals surface area contributed by atoms with E-state index in [1.165, 1.54) is 0 Å². The number of carbonyl (C=O) groups excluding carboxylic acids is 1. The van der Waals surface area contributed by atoms with Gasteiger partial charge in [-0.05, 0) is 42.7 Å². The molecule has 3 N–H and O–H groups in total. The van der Waals surface area contributed by atoms with Crippen LogP contribution in [0.25, 0.3) is 11.6 Å². The summed E-state index contributed by atoms with van der Waals surface area (Å²) in [5, 5.41) is 12.1. The standard InChI is InChI=1S/C17H15ClN2O3/c1-9-10(2-5-16(21)22)8-19-14(9)7-13-12-4-3-11(18)6-15(12)20-17(13)23/h3-4,6-8,19H,2,5H2,1H3,(H,20,23)(H,21,22)/b13-7-. The average molecular weight is 331 g/mol. The highest BCUT2D eigenvalue weighted by atomic mass is 35.5. The monoisotopic (exact) mass is 330 g/mol. The normalized spacial score (nSPS) is 14.9. The van der Waals surface area contributed by atoms with Crippen molar-refractivity contribution < 1.29 is 14.7 Å². The zero-order valence-electron chi connectivity index (χ0n) is 12.4. The molecule has 2 heterocycles.